The number of unbranched alkanes of at least 4 members (excludes halogenated alkanes) is 1. The summed E-state index contributed by atoms with van der Waals surface area (Å²) in [5, 5.41) is 0. The van der Waals surface area contributed by atoms with Gasteiger partial charge in [-0.1, -0.05) is 74.0 Å². The first-order valence-electron chi connectivity index (χ1n) is 15.2. The van der Waals surface area contributed by atoms with Gasteiger partial charge in [0.2, 0.25) is 5.79 Å². The highest BCUT2D eigenvalue weighted by Gasteiger charge is 2.34. The molecule has 43 heavy (non-hydrogen) atoms. The van der Waals surface area contributed by atoms with Crippen molar-refractivity contribution in [1.82, 2.24) is 0 Å². The van der Waals surface area contributed by atoms with Gasteiger partial charge < -0.3 is 4.74 Å². The number of ether oxygens (including phenoxy) is 1. The Morgan fingerprint density at radius 3 is 1.33 bits per heavy atom. The van der Waals surface area contributed by atoms with Crippen LogP contribution in [-0.2, 0) is 50.1 Å². The summed E-state index contributed by atoms with van der Waals surface area (Å²) in [7, 11) is 0. The third kappa shape index (κ3) is 16.9. The van der Waals surface area contributed by atoms with E-state index in [1.807, 2.05) is 137 Å². The van der Waals surface area contributed by atoms with E-state index in [9.17, 15) is 4.79 Å². The summed E-state index contributed by atoms with van der Waals surface area (Å²) in [5.74, 6) is -1.49. The fourth-order valence-electron chi connectivity index (χ4n) is 3.24. The molecule has 0 fully saturated rings. The van der Waals surface area contributed by atoms with Crippen LogP contribution in [0.25, 0.3) is 0 Å². The summed E-state index contributed by atoms with van der Waals surface area (Å²) in [6.07, 6.45) is 2.25. The van der Waals surface area contributed by atoms with Crippen LogP contribution in [0.5, 0.6) is 0 Å². The van der Waals surface area contributed by atoms with E-state index in [1.165, 1.54) is 0 Å². The molecule has 0 atom stereocenters. The zero-order valence-electron chi connectivity index (χ0n) is 28.6. The molecule has 0 aliphatic rings. The minimum absolute atomic E-state index is 0.154. The van der Waals surface area contributed by atoms with Crippen molar-refractivity contribution in [2.75, 3.05) is 6.61 Å². The largest absolute Gasteiger partial charge is 0.466 e. The van der Waals surface area contributed by atoms with Gasteiger partial charge in [0.1, 0.15) is 11.2 Å². The van der Waals surface area contributed by atoms with E-state index >= 15 is 0 Å². The van der Waals surface area contributed by atoms with Crippen molar-refractivity contribution < 1.29 is 38.9 Å². The van der Waals surface area contributed by atoms with Gasteiger partial charge in [0, 0.05) is 6.42 Å². The quantitative estimate of drug-likeness (QED) is 0.0654. The standard InChI is InChI=1S/C18H22O2.C17H34O6/c1-17(2,15-11-7-5-8-12-15)19-20-18(3,4)16-13-9-6-10-14-16;1-9-10-13-19-14(18)11-12-17(8,22-20-15(2,3)4)23-21-16(5,6)7/h5-14H,1-4H3;9-13H2,1-8H3. The molecular formula is C35H56O8. The van der Waals surface area contributed by atoms with Gasteiger partial charge in [-0.15, -0.1) is 0 Å². The molecule has 0 aliphatic carbocycles. The van der Waals surface area contributed by atoms with Crippen molar-refractivity contribution in [3.63, 3.8) is 0 Å². The monoisotopic (exact) mass is 604 g/mol. The highest BCUT2D eigenvalue weighted by atomic mass is 17.3. The van der Waals surface area contributed by atoms with Crippen LogP contribution in [0.1, 0.15) is 120 Å². The molecule has 2 aromatic rings. The zero-order valence-corrected chi connectivity index (χ0v) is 28.6. The number of hydrogen-bond donors (Lipinski definition) is 0. The Morgan fingerprint density at radius 2 is 0.977 bits per heavy atom. The Labute approximate surface area is 260 Å². The highest BCUT2D eigenvalue weighted by molar-refractivity contribution is 5.69. The molecule has 0 heterocycles. The van der Waals surface area contributed by atoms with E-state index in [1.54, 1.807) is 6.92 Å². The van der Waals surface area contributed by atoms with Crippen LogP contribution < -0.4 is 0 Å². The first-order chi connectivity index (χ1) is 19.8. The summed E-state index contributed by atoms with van der Waals surface area (Å²) in [4.78, 5) is 44.7. The van der Waals surface area contributed by atoms with Gasteiger partial charge in [-0.05, 0) is 93.7 Å². The molecule has 8 heteroatoms. The average molecular weight is 605 g/mol. The summed E-state index contributed by atoms with van der Waals surface area (Å²) < 4.78 is 5.14. The topological polar surface area (TPSA) is 81.7 Å². The van der Waals surface area contributed by atoms with Crippen LogP contribution in [0.15, 0.2) is 60.7 Å². The molecule has 2 rings (SSSR count). The lowest BCUT2D eigenvalue weighted by Gasteiger charge is -2.32. The molecule has 0 bridgehead atoms. The molecule has 0 radical (unpaired) electrons. The van der Waals surface area contributed by atoms with E-state index < -0.39 is 28.2 Å². The summed E-state index contributed by atoms with van der Waals surface area (Å²) in [5.41, 5.74) is 0.176. The molecule has 244 valence electrons. The number of rotatable bonds is 15. The van der Waals surface area contributed by atoms with Crippen molar-refractivity contribution in [3.05, 3.63) is 71.8 Å². The molecule has 0 saturated heterocycles. The molecular weight excluding hydrogens is 548 g/mol. The zero-order chi connectivity index (χ0) is 32.8. The van der Waals surface area contributed by atoms with E-state index in [2.05, 4.69) is 0 Å². The maximum absolute atomic E-state index is 11.8. The normalized spacial score (nSPS) is 12.8. The highest BCUT2D eigenvalue weighted by Crippen LogP contribution is 2.31. The number of hydrogen-bond acceptors (Lipinski definition) is 8. The van der Waals surface area contributed by atoms with Crippen LogP contribution in [-0.4, -0.2) is 29.6 Å². The van der Waals surface area contributed by atoms with Crippen molar-refractivity contribution in [2.45, 2.75) is 137 Å². The third-order valence-corrected chi connectivity index (χ3v) is 5.88. The van der Waals surface area contributed by atoms with Crippen molar-refractivity contribution in [2.24, 2.45) is 0 Å². The molecule has 8 nitrogen and oxygen atoms in total. The van der Waals surface area contributed by atoms with Crippen LogP contribution in [0.2, 0.25) is 0 Å². The lowest BCUT2D eigenvalue weighted by Crippen LogP contribution is -2.39. The molecule has 0 aliphatic heterocycles. The lowest BCUT2D eigenvalue weighted by atomic mass is 9.98. The molecule has 0 amide bonds. The van der Waals surface area contributed by atoms with Gasteiger partial charge >= 0.3 is 5.97 Å². The van der Waals surface area contributed by atoms with Gasteiger partial charge in [-0.25, -0.2) is 19.6 Å². The molecule has 0 unspecified atom stereocenters. The van der Waals surface area contributed by atoms with Gasteiger partial charge in [0.15, 0.2) is 0 Å². The maximum atomic E-state index is 11.8. The maximum Gasteiger partial charge on any atom is 0.305 e. The van der Waals surface area contributed by atoms with Gasteiger partial charge in [0.05, 0.1) is 24.2 Å². The summed E-state index contributed by atoms with van der Waals surface area (Å²) in [6.45, 7) is 23.3. The minimum Gasteiger partial charge on any atom is -0.466 e. The second-order valence-electron chi connectivity index (χ2n) is 13.7. The number of carbonyl (C=O) groups is 1. The van der Waals surface area contributed by atoms with Crippen molar-refractivity contribution in [1.29, 1.82) is 0 Å². The first-order valence-corrected chi connectivity index (χ1v) is 15.2. The van der Waals surface area contributed by atoms with Crippen LogP contribution in [0, 0.1) is 0 Å². The molecule has 0 spiro atoms. The third-order valence-electron chi connectivity index (χ3n) is 5.88. The van der Waals surface area contributed by atoms with E-state index in [4.69, 9.17) is 34.1 Å². The van der Waals surface area contributed by atoms with Gasteiger partial charge in [-0.2, -0.15) is 9.78 Å². The fourth-order valence-corrected chi connectivity index (χ4v) is 3.24. The predicted molar refractivity (Wildman–Crippen MR) is 168 cm³/mol. The summed E-state index contributed by atoms with van der Waals surface area (Å²) in [6, 6.07) is 20.2. The Bertz CT molecular complexity index is 968. The molecule has 2 aromatic carbocycles. The second-order valence-corrected chi connectivity index (χ2v) is 13.7. The van der Waals surface area contributed by atoms with Crippen LogP contribution in [0.4, 0.5) is 0 Å². The smallest absolute Gasteiger partial charge is 0.305 e. The van der Waals surface area contributed by atoms with E-state index in [0.717, 1.165) is 24.0 Å². The Hall–Kier alpha value is -2.33. The number of benzene rings is 2. The Morgan fingerprint density at radius 1 is 0.581 bits per heavy atom. The Balaban J connectivity index is 0.000000433. The number of esters is 1. The average Bonchev–Trinajstić information content (AvgIpc) is 2.94. The van der Waals surface area contributed by atoms with Crippen molar-refractivity contribution >= 4 is 5.97 Å². The number of carbonyl (C=O) groups excluding carboxylic acids is 1. The SMILES string of the molecule is CC(C)(OOC(C)(C)c1ccccc1)c1ccccc1.CCCCOC(=O)CCC(C)(OOC(C)(C)C)OOC(C)(C)C. The minimum atomic E-state index is -1.20. The summed E-state index contributed by atoms with van der Waals surface area (Å²) >= 11 is 0. The Kier molecular flexibility index (Phi) is 15.5. The van der Waals surface area contributed by atoms with Crippen LogP contribution in [0.3, 0.4) is 0 Å². The fraction of sp³-hybridized carbons (Fsp3) is 0.629. The van der Waals surface area contributed by atoms with E-state index in [0.29, 0.717) is 6.61 Å². The van der Waals surface area contributed by atoms with Gasteiger partial charge in [0.25, 0.3) is 0 Å². The second kappa shape index (κ2) is 17.2. The predicted octanol–water partition coefficient (Wildman–Crippen LogP) is 9.12. The first kappa shape index (κ1) is 38.7. The lowest BCUT2D eigenvalue weighted by molar-refractivity contribution is -0.537. The van der Waals surface area contributed by atoms with Gasteiger partial charge in [-0.3, -0.25) is 4.79 Å². The van der Waals surface area contributed by atoms with Crippen molar-refractivity contribution in [3.8, 4) is 0 Å². The van der Waals surface area contributed by atoms with E-state index in [-0.39, 0.29) is 18.8 Å². The molecule has 0 N–H and O–H groups in total. The van der Waals surface area contributed by atoms with Crippen LogP contribution >= 0.6 is 0 Å². The molecule has 0 saturated carbocycles. The molecule has 0 aromatic heterocycles.